The summed E-state index contributed by atoms with van der Waals surface area (Å²) in [4.78, 5) is 26.1. The van der Waals surface area contributed by atoms with Gasteiger partial charge in [0.05, 0.1) is 13.2 Å². The van der Waals surface area contributed by atoms with Crippen LogP contribution < -0.4 is 10.1 Å². The van der Waals surface area contributed by atoms with Crippen molar-refractivity contribution in [2.24, 2.45) is 0 Å². The summed E-state index contributed by atoms with van der Waals surface area (Å²) in [7, 11) is 1.55. The average Bonchev–Trinajstić information content (AvgIpc) is 2.74. The van der Waals surface area contributed by atoms with Crippen molar-refractivity contribution < 1.29 is 14.3 Å². The molecule has 3 aromatic rings. The van der Waals surface area contributed by atoms with E-state index in [0.29, 0.717) is 28.3 Å². The fourth-order valence-corrected chi connectivity index (χ4v) is 3.55. The Hall–Kier alpha value is -3.11. The van der Waals surface area contributed by atoms with Crippen LogP contribution in [0.15, 0.2) is 72.8 Å². The average molecular weight is 422 g/mol. The maximum absolute atomic E-state index is 13.2. The second-order valence-corrected chi connectivity index (χ2v) is 7.57. The predicted molar refractivity (Wildman–Crippen MR) is 119 cm³/mol. The van der Waals surface area contributed by atoms with Crippen molar-refractivity contribution in [1.82, 2.24) is 5.32 Å². The molecule has 0 saturated heterocycles. The Morgan fingerprint density at radius 3 is 2.40 bits per heavy atom. The quantitative estimate of drug-likeness (QED) is 0.567. The van der Waals surface area contributed by atoms with Crippen LogP contribution in [0.3, 0.4) is 0 Å². The van der Waals surface area contributed by atoms with Crippen LogP contribution in [0, 0.1) is 6.92 Å². The first-order valence-corrected chi connectivity index (χ1v) is 10.1. The maximum atomic E-state index is 13.2. The number of aryl methyl sites for hydroxylation is 1. The zero-order valence-electron chi connectivity index (χ0n) is 17.0. The molecule has 1 unspecified atom stereocenters. The largest absolute Gasteiger partial charge is 0.496 e. The number of halogens is 1. The minimum atomic E-state index is -0.678. The molecule has 0 aromatic heterocycles. The van der Waals surface area contributed by atoms with Crippen LogP contribution in [0.25, 0.3) is 0 Å². The van der Waals surface area contributed by atoms with E-state index < -0.39 is 6.04 Å². The van der Waals surface area contributed by atoms with Gasteiger partial charge in [0.2, 0.25) is 0 Å². The van der Waals surface area contributed by atoms with Gasteiger partial charge in [-0.05, 0) is 48.7 Å². The fraction of sp³-hybridized carbons (Fsp3) is 0.200. The molecular weight excluding hydrogens is 398 g/mol. The third-order valence-electron chi connectivity index (χ3n) is 4.97. The number of rotatable bonds is 8. The molecule has 0 heterocycles. The number of nitrogens with one attached hydrogen (secondary N) is 1. The van der Waals surface area contributed by atoms with Crippen LogP contribution in [0.1, 0.15) is 27.0 Å². The number of ketones is 1. The highest BCUT2D eigenvalue weighted by atomic mass is 35.5. The number of benzene rings is 3. The van der Waals surface area contributed by atoms with E-state index >= 15 is 0 Å². The Kier molecular flexibility index (Phi) is 7.26. The number of methoxy groups -OCH3 is 1. The molecule has 1 N–H and O–H groups in total. The van der Waals surface area contributed by atoms with E-state index in [1.54, 1.807) is 31.4 Å². The van der Waals surface area contributed by atoms with Gasteiger partial charge in [0.25, 0.3) is 5.91 Å². The van der Waals surface area contributed by atoms with Gasteiger partial charge in [-0.1, -0.05) is 60.1 Å². The molecule has 3 rings (SSSR count). The van der Waals surface area contributed by atoms with Crippen LogP contribution in [-0.2, 0) is 17.6 Å². The molecule has 0 radical (unpaired) electrons. The van der Waals surface area contributed by atoms with Crippen LogP contribution >= 0.6 is 11.6 Å². The van der Waals surface area contributed by atoms with Crippen molar-refractivity contribution in [2.45, 2.75) is 25.8 Å². The first-order chi connectivity index (χ1) is 14.5. The summed E-state index contributed by atoms with van der Waals surface area (Å²) < 4.78 is 5.37. The highest BCUT2D eigenvalue weighted by Crippen LogP contribution is 2.24. The first-order valence-electron chi connectivity index (χ1n) is 9.73. The number of hydrogen-bond donors (Lipinski definition) is 1. The molecule has 30 heavy (non-hydrogen) atoms. The fourth-order valence-electron chi connectivity index (χ4n) is 3.36. The zero-order chi connectivity index (χ0) is 21.5. The van der Waals surface area contributed by atoms with E-state index in [2.05, 4.69) is 5.32 Å². The van der Waals surface area contributed by atoms with E-state index in [9.17, 15) is 9.59 Å². The monoisotopic (exact) mass is 421 g/mol. The molecule has 0 fully saturated rings. The lowest BCUT2D eigenvalue weighted by molar-refractivity contribution is -0.120. The summed E-state index contributed by atoms with van der Waals surface area (Å²) in [5.41, 5.74) is 3.08. The minimum Gasteiger partial charge on any atom is -0.496 e. The smallest absolute Gasteiger partial charge is 0.252 e. The summed E-state index contributed by atoms with van der Waals surface area (Å²) >= 11 is 6.11. The third kappa shape index (κ3) is 5.49. The van der Waals surface area contributed by atoms with E-state index in [-0.39, 0.29) is 18.1 Å². The van der Waals surface area contributed by atoms with Gasteiger partial charge in [0.15, 0.2) is 5.78 Å². The Labute approximate surface area is 181 Å². The molecule has 3 aromatic carbocycles. The van der Waals surface area contributed by atoms with Gasteiger partial charge in [-0.2, -0.15) is 0 Å². The molecule has 1 atom stereocenters. The Morgan fingerprint density at radius 1 is 1.00 bits per heavy atom. The Bertz CT molecular complexity index is 1030. The minimum absolute atomic E-state index is 0.106. The number of amides is 1. The lowest BCUT2D eigenvalue weighted by Crippen LogP contribution is -2.43. The van der Waals surface area contributed by atoms with Gasteiger partial charge in [-0.15, -0.1) is 0 Å². The Balaban J connectivity index is 1.85. The molecule has 4 nitrogen and oxygen atoms in total. The standard InChI is InChI=1S/C25H24ClNO3/c1-17-8-6-7-11-21(17)25(29)27-22(14-18-9-4-3-5-10-18)23(28)16-19-15-20(26)12-13-24(19)30-2/h3-13,15,22H,14,16H2,1-2H3,(H,27,29). The molecule has 0 bridgehead atoms. The summed E-state index contributed by atoms with van der Waals surface area (Å²) in [6.07, 6.45) is 0.509. The van der Waals surface area contributed by atoms with Crippen LogP contribution in [0.2, 0.25) is 5.02 Å². The summed E-state index contributed by atoms with van der Waals surface area (Å²) in [5.74, 6) is 0.221. The maximum Gasteiger partial charge on any atom is 0.252 e. The lowest BCUT2D eigenvalue weighted by atomic mass is 9.96. The number of Topliss-reactive ketones (excluding diaryl/α,β-unsaturated/α-hetero) is 1. The molecule has 5 heteroatoms. The first kappa shape index (κ1) is 21.6. The SMILES string of the molecule is COc1ccc(Cl)cc1CC(=O)C(Cc1ccccc1)NC(=O)c1ccccc1C. The molecule has 0 spiro atoms. The van der Waals surface area contributed by atoms with Crippen LogP contribution in [-0.4, -0.2) is 24.8 Å². The van der Waals surface area contributed by atoms with Crippen molar-refractivity contribution in [3.63, 3.8) is 0 Å². The highest BCUT2D eigenvalue weighted by molar-refractivity contribution is 6.30. The van der Waals surface area contributed by atoms with Gasteiger partial charge < -0.3 is 10.1 Å². The van der Waals surface area contributed by atoms with Crippen molar-refractivity contribution in [3.8, 4) is 5.75 Å². The van der Waals surface area contributed by atoms with Gasteiger partial charge in [0, 0.05) is 22.6 Å². The summed E-state index contributed by atoms with van der Waals surface area (Å²) in [6, 6.07) is 21.5. The zero-order valence-corrected chi connectivity index (χ0v) is 17.8. The van der Waals surface area contributed by atoms with Gasteiger partial charge in [-0.25, -0.2) is 0 Å². The summed E-state index contributed by atoms with van der Waals surface area (Å²) in [5, 5.41) is 3.46. The number of carbonyl (C=O) groups is 2. The van der Waals surface area contributed by atoms with Gasteiger partial charge in [-0.3, -0.25) is 9.59 Å². The third-order valence-corrected chi connectivity index (χ3v) is 5.21. The second-order valence-electron chi connectivity index (χ2n) is 7.13. The van der Waals surface area contributed by atoms with Crippen molar-refractivity contribution in [1.29, 1.82) is 0 Å². The van der Waals surface area contributed by atoms with E-state index in [1.807, 2.05) is 55.5 Å². The molecule has 0 aliphatic rings. The summed E-state index contributed by atoms with van der Waals surface area (Å²) in [6.45, 7) is 1.87. The van der Waals surface area contributed by atoms with Crippen LogP contribution in [0.5, 0.6) is 5.75 Å². The van der Waals surface area contributed by atoms with Crippen molar-refractivity contribution in [3.05, 3.63) is 100 Å². The molecular formula is C25H24ClNO3. The number of carbonyl (C=O) groups excluding carboxylic acids is 2. The molecule has 0 aliphatic carbocycles. The molecule has 0 saturated carbocycles. The van der Waals surface area contributed by atoms with Crippen molar-refractivity contribution in [2.75, 3.05) is 7.11 Å². The molecule has 154 valence electrons. The van der Waals surface area contributed by atoms with E-state index in [1.165, 1.54) is 0 Å². The van der Waals surface area contributed by atoms with Crippen molar-refractivity contribution >= 4 is 23.3 Å². The van der Waals surface area contributed by atoms with E-state index in [0.717, 1.165) is 11.1 Å². The topological polar surface area (TPSA) is 55.4 Å². The normalized spacial score (nSPS) is 11.6. The van der Waals surface area contributed by atoms with Gasteiger partial charge >= 0.3 is 0 Å². The highest BCUT2D eigenvalue weighted by Gasteiger charge is 2.24. The van der Waals surface area contributed by atoms with Gasteiger partial charge in [0.1, 0.15) is 5.75 Å². The van der Waals surface area contributed by atoms with E-state index in [4.69, 9.17) is 16.3 Å². The Morgan fingerprint density at radius 2 is 1.70 bits per heavy atom. The van der Waals surface area contributed by atoms with Crippen LogP contribution in [0.4, 0.5) is 0 Å². The second kappa shape index (κ2) is 10.1. The number of ether oxygens (including phenoxy) is 1. The predicted octanol–water partition coefficient (Wildman–Crippen LogP) is 4.81. The molecule has 1 amide bonds. The molecule has 0 aliphatic heterocycles. The lowest BCUT2D eigenvalue weighted by Gasteiger charge is -2.19. The number of hydrogen-bond acceptors (Lipinski definition) is 3.